The highest BCUT2D eigenvalue weighted by Crippen LogP contribution is 2.25. The van der Waals surface area contributed by atoms with E-state index >= 15 is 0 Å². The Balaban J connectivity index is 1.75. The Kier molecular flexibility index (Phi) is 4.93. The van der Waals surface area contributed by atoms with Crippen LogP contribution in [-0.4, -0.2) is 15.9 Å². The van der Waals surface area contributed by atoms with Gasteiger partial charge in [-0.2, -0.15) is 0 Å². The summed E-state index contributed by atoms with van der Waals surface area (Å²) in [5, 5.41) is 17.6. The second kappa shape index (κ2) is 7.29. The quantitative estimate of drug-likeness (QED) is 0.610. The summed E-state index contributed by atoms with van der Waals surface area (Å²) < 4.78 is 0. The van der Waals surface area contributed by atoms with Crippen LogP contribution in [0.15, 0.2) is 36.4 Å². The van der Waals surface area contributed by atoms with Gasteiger partial charge in [0.15, 0.2) is 0 Å². The summed E-state index contributed by atoms with van der Waals surface area (Å²) in [6, 6.07) is 11.0. The summed E-state index contributed by atoms with van der Waals surface area (Å²) >= 11 is 0. The standard InChI is InChI=1S/C18H22N4O2/c1-13-10-16(20-14-6-3-2-4-7-14)12-18(19-13)21-15-8-5-9-17(11-15)22(23)24/h5,8-12,14H,2-4,6-7H2,1H3,(H2,19,20,21). The topological polar surface area (TPSA) is 80.1 Å². The van der Waals surface area contributed by atoms with Gasteiger partial charge in [-0.15, -0.1) is 0 Å². The van der Waals surface area contributed by atoms with E-state index in [2.05, 4.69) is 15.6 Å². The van der Waals surface area contributed by atoms with E-state index in [4.69, 9.17) is 0 Å². The molecule has 3 rings (SSSR count). The number of nitrogens with one attached hydrogen (secondary N) is 2. The molecule has 6 heteroatoms. The molecule has 0 spiro atoms. The van der Waals surface area contributed by atoms with E-state index in [1.54, 1.807) is 12.1 Å². The molecular formula is C18H22N4O2. The van der Waals surface area contributed by atoms with E-state index in [9.17, 15) is 10.1 Å². The summed E-state index contributed by atoms with van der Waals surface area (Å²) in [6.07, 6.45) is 6.29. The number of nitrogens with zero attached hydrogens (tertiary/aromatic N) is 2. The van der Waals surface area contributed by atoms with Crippen molar-refractivity contribution in [3.05, 3.63) is 52.2 Å². The smallest absolute Gasteiger partial charge is 0.271 e. The molecule has 0 bridgehead atoms. The number of benzene rings is 1. The second-order valence-electron chi connectivity index (χ2n) is 6.29. The predicted octanol–water partition coefficient (Wildman–Crippen LogP) is 4.79. The number of non-ortho nitro benzene ring substituents is 1. The molecule has 1 saturated carbocycles. The number of aryl methyl sites for hydroxylation is 1. The Bertz CT molecular complexity index is 727. The summed E-state index contributed by atoms with van der Waals surface area (Å²) in [5.74, 6) is 0.689. The van der Waals surface area contributed by atoms with Gasteiger partial charge in [0.1, 0.15) is 5.82 Å². The third-order valence-electron chi connectivity index (χ3n) is 4.26. The first-order valence-corrected chi connectivity index (χ1v) is 8.37. The van der Waals surface area contributed by atoms with E-state index in [1.807, 2.05) is 19.1 Å². The molecule has 1 aromatic heterocycles. The SMILES string of the molecule is Cc1cc(NC2CCCCC2)cc(Nc2cccc([N+](=O)[O-])c2)n1. The van der Waals surface area contributed by atoms with Crippen LogP contribution in [0.5, 0.6) is 0 Å². The summed E-state index contributed by atoms with van der Waals surface area (Å²) in [6.45, 7) is 1.95. The number of hydrogen-bond acceptors (Lipinski definition) is 5. The van der Waals surface area contributed by atoms with E-state index < -0.39 is 4.92 Å². The minimum absolute atomic E-state index is 0.0632. The predicted molar refractivity (Wildman–Crippen MR) is 95.8 cm³/mol. The van der Waals surface area contributed by atoms with Crippen LogP contribution in [-0.2, 0) is 0 Å². The number of hydrogen-bond donors (Lipinski definition) is 2. The Labute approximate surface area is 141 Å². The lowest BCUT2D eigenvalue weighted by atomic mass is 9.95. The highest BCUT2D eigenvalue weighted by Gasteiger charge is 2.14. The highest BCUT2D eigenvalue weighted by atomic mass is 16.6. The molecule has 0 amide bonds. The Morgan fingerprint density at radius 2 is 1.92 bits per heavy atom. The maximum absolute atomic E-state index is 10.9. The van der Waals surface area contributed by atoms with Crippen molar-refractivity contribution in [2.75, 3.05) is 10.6 Å². The normalized spacial score (nSPS) is 15.0. The van der Waals surface area contributed by atoms with Crippen LogP contribution in [0.2, 0.25) is 0 Å². The molecule has 6 nitrogen and oxygen atoms in total. The lowest BCUT2D eigenvalue weighted by Crippen LogP contribution is -2.22. The molecule has 1 aromatic carbocycles. The number of anilines is 3. The van der Waals surface area contributed by atoms with Crippen LogP contribution in [0, 0.1) is 17.0 Å². The van der Waals surface area contributed by atoms with Crippen molar-refractivity contribution in [3.8, 4) is 0 Å². The maximum atomic E-state index is 10.9. The van der Waals surface area contributed by atoms with Crippen LogP contribution < -0.4 is 10.6 Å². The molecule has 0 atom stereocenters. The summed E-state index contributed by atoms with van der Waals surface area (Å²) in [5.41, 5.74) is 2.67. The fourth-order valence-corrected chi connectivity index (χ4v) is 3.14. The molecule has 1 heterocycles. The van der Waals surface area contributed by atoms with Crippen molar-refractivity contribution >= 4 is 22.9 Å². The van der Waals surface area contributed by atoms with Gasteiger partial charge in [-0.1, -0.05) is 25.3 Å². The number of aromatic nitrogens is 1. The van der Waals surface area contributed by atoms with E-state index in [0.29, 0.717) is 17.5 Å². The minimum Gasteiger partial charge on any atom is -0.382 e. The van der Waals surface area contributed by atoms with E-state index in [1.165, 1.54) is 44.2 Å². The highest BCUT2D eigenvalue weighted by molar-refractivity contribution is 5.63. The number of pyridine rings is 1. The fourth-order valence-electron chi connectivity index (χ4n) is 3.14. The van der Waals surface area contributed by atoms with E-state index in [0.717, 1.165) is 11.4 Å². The third-order valence-corrected chi connectivity index (χ3v) is 4.26. The monoisotopic (exact) mass is 326 g/mol. The van der Waals surface area contributed by atoms with Gasteiger partial charge in [-0.3, -0.25) is 10.1 Å². The summed E-state index contributed by atoms with van der Waals surface area (Å²) in [4.78, 5) is 15.0. The van der Waals surface area contributed by atoms with Gasteiger partial charge >= 0.3 is 0 Å². The minimum atomic E-state index is -0.398. The second-order valence-corrected chi connectivity index (χ2v) is 6.29. The lowest BCUT2D eigenvalue weighted by molar-refractivity contribution is -0.384. The zero-order chi connectivity index (χ0) is 16.9. The molecule has 24 heavy (non-hydrogen) atoms. The van der Waals surface area contributed by atoms with E-state index in [-0.39, 0.29) is 5.69 Å². The van der Waals surface area contributed by atoms with Crippen LogP contribution >= 0.6 is 0 Å². The van der Waals surface area contributed by atoms with Gasteiger partial charge in [0.25, 0.3) is 5.69 Å². The molecular weight excluding hydrogens is 304 g/mol. The first-order chi connectivity index (χ1) is 11.6. The van der Waals surface area contributed by atoms with Gasteiger partial charge < -0.3 is 10.6 Å². The van der Waals surface area contributed by atoms with Gasteiger partial charge in [0.2, 0.25) is 0 Å². The first-order valence-electron chi connectivity index (χ1n) is 8.37. The van der Waals surface area contributed by atoms with Crippen molar-refractivity contribution in [1.29, 1.82) is 0 Å². The van der Waals surface area contributed by atoms with Crippen LogP contribution in [0.4, 0.5) is 22.9 Å². The Morgan fingerprint density at radius 3 is 2.67 bits per heavy atom. The maximum Gasteiger partial charge on any atom is 0.271 e. The van der Waals surface area contributed by atoms with Gasteiger partial charge in [0, 0.05) is 41.3 Å². The van der Waals surface area contributed by atoms with Crippen LogP contribution in [0.1, 0.15) is 37.8 Å². The van der Waals surface area contributed by atoms with Crippen molar-refractivity contribution in [2.45, 2.75) is 45.1 Å². The molecule has 126 valence electrons. The van der Waals surface area contributed by atoms with Crippen molar-refractivity contribution < 1.29 is 4.92 Å². The average Bonchev–Trinajstić information content (AvgIpc) is 2.55. The molecule has 2 N–H and O–H groups in total. The third kappa shape index (κ3) is 4.22. The molecule has 1 fully saturated rings. The fraction of sp³-hybridized carbons (Fsp3) is 0.389. The lowest BCUT2D eigenvalue weighted by Gasteiger charge is -2.24. The van der Waals surface area contributed by atoms with Gasteiger partial charge in [-0.05, 0) is 31.9 Å². The molecule has 0 radical (unpaired) electrons. The largest absolute Gasteiger partial charge is 0.382 e. The molecule has 2 aromatic rings. The zero-order valence-electron chi connectivity index (χ0n) is 13.8. The van der Waals surface area contributed by atoms with Crippen LogP contribution in [0.25, 0.3) is 0 Å². The molecule has 1 aliphatic rings. The summed E-state index contributed by atoms with van der Waals surface area (Å²) in [7, 11) is 0. The van der Waals surface area contributed by atoms with Crippen LogP contribution in [0.3, 0.4) is 0 Å². The average molecular weight is 326 g/mol. The van der Waals surface area contributed by atoms with Crippen molar-refractivity contribution in [3.63, 3.8) is 0 Å². The molecule has 0 unspecified atom stereocenters. The number of nitro groups is 1. The number of nitro benzene ring substituents is 1. The molecule has 0 aliphatic heterocycles. The van der Waals surface area contributed by atoms with Crippen molar-refractivity contribution in [1.82, 2.24) is 4.98 Å². The van der Waals surface area contributed by atoms with Gasteiger partial charge in [-0.25, -0.2) is 4.98 Å². The Morgan fingerprint density at radius 1 is 1.12 bits per heavy atom. The van der Waals surface area contributed by atoms with Gasteiger partial charge in [0.05, 0.1) is 4.92 Å². The molecule has 0 saturated heterocycles. The Hall–Kier alpha value is -2.63. The van der Waals surface area contributed by atoms with Crippen molar-refractivity contribution in [2.24, 2.45) is 0 Å². The molecule has 1 aliphatic carbocycles. The number of rotatable bonds is 5. The first kappa shape index (κ1) is 16.2. The zero-order valence-corrected chi connectivity index (χ0v) is 13.8.